The van der Waals surface area contributed by atoms with E-state index in [1.54, 1.807) is 13.8 Å². The number of likely N-dealkylation sites (N-methyl/N-ethyl adjacent to an activating group) is 1. The van der Waals surface area contributed by atoms with Crippen LogP contribution in [0.1, 0.15) is 30.4 Å². The van der Waals surface area contributed by atoms with Gasteiger partial charge in [0.05, 0.1) is 5.56 Å². The van der Waals surface area contributed by atoms with Gasteiger partial charge in [-0.3, -0.25) is 4.79 Å². The smallest absolute Gasteiger partial charge is 0.342 e. The highest BCUT2D eigenvalue weighted by Crippen LogP contribution is 2.37. The molecule has 0 spiro atoms. The molecule has 0 aliphatic carbocycles. The minimum Gasteiger partial charge on any atom is -0.342 e. The Morgan fingerprint density at radius 3 is 2.26 bits per heavy atom. The van der Waals surface area contributed by atoms with Gasteiger partial charge in [-0.05, 0) is 25.5 Å². The zero-order chi connectivity index (χ0) is 14.6. The second kappa shape index (κ2) is 6.28. The molecule has 0 radical (unpaired) electrons. The summed E-state index contributed by atoms with van der Waals surface area (Å²) in [7, 11) is 0. The van der Waals surface area contributed by atoms with E-state index in [0.717, 1.165) is 6.07 Å². The lowest BCUT2D eigenvalue weighted by molar-refractivity contribution is -0.138. The van der Waals surface area contributed by atoms with Crippen molar-refractivity contribution >= 4 is 17.5 Å². The summed E-state index contributed by atoms with van der Waals surface area (Å²) in [5.41, 5.74) is -1.07. The summed E-state index contributed by atoms with van der Waals surface area (Å²) in [5, 5.41) is -1.32. The van der Waals surface area contributed by atoms with Crippen LogP contribution in [0.4, 0.5) is 13.2 Å². The van der Waals surface area contributed by atoms with Crippen LogP contribution in [0.5, 0.6) is 0 Å². The third kappa shape index (κ3) is 3.62. The number of hydrogen-bond acceptors (Lipinski definition) is 1. The molecule has 1 rings (SSSR count). The van der Waals surface area contributed by atoms with Crippen molar-refractivity contribution in [3.05, 3.63) is 35.4 Å². The fourth-order valence-electron chi connectivity index (χ4n) is 1.80. The third-order valence-corrected chi connectivity index (χ3v) is 3.25. The molecule has 2 nitrogen and oxygen atoms in total. The van der Waals surface area contributed by atoms with E-state index in [1.165, 1.54) is 23.1 Å². The van der Waals surface area contributed by atoms with Gasteiger partial charge in [0.1, 0.15) is 5.38 Å². The van der Waals surface area contributed by atoms with E-state index in [-0.39, 0.29) is 5.56 Å². The third-order valence-electron chi connectivity index (χ3n) is 2.83. The lowest BCUT2D eigenvalue weighted by Crippen LogP contribution is -2.33. The SMILES string of the molecule is CCN(CC)C(=O)C(Cl)c1ccccc1C(F)(F)F. The first-order valence-electron chi connectivity index (χ1n) is 5.91. The monoisotopic (exact) mass is 293 g/mol. The molecule has 0 fully saturated rings. The van der Waals surface area contributed by atoms with Crippen LogP contribution in [0.2, 0.25) is 0 Å². The molecule has 0 aliphatic heterocycles. The van der Waals surface area contributed by atoms with Crippen LogP contribution in [-0.2, 0) is 11.0 Å². The summed E-state index contributed by atoms with van der Waals surface area (Å²) >= 11 is 5.93. The van der Waals surface area contributed by atoms with Crippen molar-refractivity contribution in [1.29, 1.82) is 0 Å². The lowest BCUT2D eigenvalue weighted by Gasteiger charge is -2.23. The second-order valence-corrected chi connectivity index (χ2v) is 4.39. The number of nitrogens with zero attached hydrogens (tertiary/aromatic N) is 1. The Hall–Kier alpha value is -1.23. The van der Waals surface area contributed by atoms with Gasteiger partial charge in [-0.1, -0.05) is 18.2 Å². The molecular formula is C13H15ClF3NO. The summed E-state index contributed by atoms with van der Waals surface area (Å²) in [5.74, 6) is -0.511. The van der Waals surface area contributed by atoms with Crippen molar-refractivity contribution in [2.75, 3.05) is 13.1 Å². The van der Waals surface area contributed by atoms with Gasteiger partial charge in [0.15, 0.2) is 0 Å². The molecule has 1 amide bonds. The lowest BCUT2D eigenvalue weighted by atomic mass is 10.0. The summed E-state index contributed by atoms with van der Waals surface area (Å²) in [6.45, 7) is 4.32. The zero-order valence-electron chi connectivity index (χ0n) is 10.7. The van der Waals surface area contributed by atoms with E-state index in [2.05, 4.69) is 0 Å². The number of hydrogen-bond donors (Lipinski definition) is 0. The molecule has 0 saturated heterocycles. The molecule has 1 aromatic rings. The summed E-state index contributed by atoms with van der Waals surface area (Å²) in [6.07, 6.45) is -4.52. The quantitative estimate of drug-likeness (QED) is 0.772. The maximum atomic E-state index is 12.9. The molecule has 0 aliphatic rings. The highest BCUT2D eigenvalue weighted by molar-refractivity contribution is 6.30. The molecule has 0 N–H and O–H groups in total. The van der Waals surface area contributed by atoms with Gasteiger partial charge in [0.25, 0.3) is 0 Å². The van der Waals surface area contributed by atoms with Crippen molar-refractivity contribution in [3.63, 3.8) is 0 Å². The molecule has 0 heterocycles. The molecule has 1 unspecified atom stereocenters. The first kappa shape index (κ1) is 15.8. The van der Waals surface area contributed by atoms with Gasteiger partial charge in [-0.15, -0.1) is 11.6 Å². The van der Waals surface area contributed by atoms with Crippen molar-refractivity contribution in [1.82, 2.24) is 4.90 Å². The van der Waals surface area contributed by atoms with Gasteiger partial charge in [-0.25, -0.2) is 0 Å². The topological polar surface area (TPSA) is 20.3 Å². The molecule has 0 bridgehead atoms. The van der Waals surface area contributed by atoms with E-state index in [1.807, 2.05) is 0 Å². The minimum atomic E-state index is -4.52. The van der Waals surface area contributed by atoms with Crippen LogP contribution in [0.25, 0.3) is 0 Å². The van der Waals surface area contributed by atoms with Gasteiger partial charge in [-0.2, -0.15) is 13.2 Å². The van der Waals surface area contributed by atoms with E-state index in [0.29, 0.717) is 13.1 Å². The average Bonchev–Trinajstić information content (AvgIpc) is 2.38. The van der Waals surface area contributed by atoms with Crippen LogP contribution in [0, 0.1) is 0 Å². The normalized spacial score (nSPS) is 13.2. The van der Waals surface area contributed by atoms with Crippen molar-refractivity contribution < 1.29 is 18.0 Å². The number of carbonyl (C=O) groups excluding carboxylic acids is 1. The van der Waals surface area contributed by atoms with Crippen molar-refractivity contribution in [2.45, 2.75) is 25.4 Å². The number of alkyl halides is 4. The average molecular weight is 294 g/mol. The van der Waals surface area contributed by atoms with Gasteiger partial charge in [0.2, 0.25) is 5.91 Å². The molecule has 1 atom stereocenters. The molecule has 106 valence electrons. The van der Waals surface area contributed by atoms with Gasteiger partial charge >= 0.3 is 6.18 Å². The van der Waals surface area contributed by atoms with Crippen molar-refractivity contribution in [2.24, 2.45) is 0 Å². The fourth-order valence-corrected chi connectivity index (χ4v) is 2.13. The first-order valence-corrected chi connectivity index (χ1v) is 6.35. The van der Waals surface area contributed by atoms with Crippen LogP contribution in [-0.4, -0.2) is 23.9 Å². The summed E-state index contributed by atoms with van der Waals surface area (Å²) in [4.78, 5) is 13.4. The number of benzene rings is 1. The van der Waals surface area contributed by atoms with Crippen LogP contribution in [0.15, 0.2) is 24.3 Å². The van der Waals surface area contributed by atoms with E-state index < -0.39 is 23.0 Å². The molecule has 6 heteroatoms. The highest BCUT2D eigenvalue weighted by Gasteiger charge is 2.36. The standard InChI is InChI=1S/C13H15ClF3NO/c1-3-18(4-2)12(19)11(14)9-7-5-6-8-10(9)13(15,16)17/h5-8,11H,3-4H2,1-2H3. The Morgan fingerprint density at radius 2 is 1.79 bits per heavy atom. The molecular weight excluding hydrogens is 279 g/mol. The molecule has 1 aromatic carbocycles. The maximum Gasteiger partial charge on any atom is 0.416 e. The Labute approximate surface area is 115 Å². The Balaban J connectivity index is 3.13. The Morgan fingerprint density at radius 1 is 1.26 bits per heavy atom. The van der Waals surface area contributed by atoms with Gasteiger partial charge in [0, 0.05) is 13.1 Å². The number of amides is 1. The zero-order valence-corrected chi connectivity index (χ0v) is 11.4. The number of halogens is 4. The van der Waals surface area contributed by atoms with Gasteiger partial charge < -0.3 is 4.90 Å². The largest absolute Gasteiger partial charge is 0.416 e. The van der Waals surface area contributed by atoms with Crippen LogP contribution >= 0.6 is 11.6 Å². The minimum absolute atomic E-state index is 0.200. The number of rotatable bonds is 4. The maximum absolute atomic E-state index is 12.9. The summed E-state index contributed by atoms with van der Waals surface area (Å²) in [6, 6.07) is 4.88. The Bertz CT molecular complexity index is 444. The molecule has 0 aromatic heterocycles. The highest BCUT2D eigenvalue weighted by atomic mass is 35.5. The molecule has 19 heavy (non-hydrogen) atoms. The number of carbonyl (C=O) groups is 1. The molecule has 0 saturated carbocycles. The fraction of sp³-hybridized carbons (Fsp3) is 0.462. The first-order chi connectivity index (χ1) is 8.82. The van der Waals surface area contributed by atoms with Crippen molar-refractivity contribution in [3.8, 4) is 0 Å². The van der Waals surface area contributed by atoms with E-state index in [9.17, 15) is 18.0 Å². The second-order valence-electron chi connectivity index (χ2n) is 3.96. The Kier molecular flexibility index (Phi) is 5.23. The van der Waals surface area contributed by atoms with Crippen LogP contribution in [0.3, 0.4) is 0 Å². The van der Waals surface area contributed by atoms with E-state index in [4.69, 9.17) is 11.6 Å². The summed E-state index contributed by atoms with van der Waals surface area (Å²) < 4.78 is 38.6. The van der Waals surface area contributed by atoms with Crippen LogP contribution < -0.4 is 0 Å². The predicted molar refractivity (Wildman–Crippen MR) is 68.0 cm³/mol. The predicted octanol–water partition coefficient (Wildman–Crippen LogP) is 3.85. The van der Waals surface area contributed by atoms with E-state index >= 15 is 0 Å².